The summed E-state index contributed by atoms with van der Waals surface area (Å²) in [5, 5.41) is 10.6. The van der Waals surface area contributed by atoms with Crippen LogP contribution in [0.3, 0.4) is 0 Å². The maximum absolute atomic E-state index is 10.6. The quantitative estimate of drug-likeness (QED) is 0.693. The van der Waals surface area contributed by atoms with Crippen LogP contribution in [0.1, 0.15) is 6.42 Å². The van der Waals surface area contributed by atoms with E-state index < -0.39 is 4.92 Å². The molecule has 0 saturated carbocycles. The van der Waals surface area contributed by atoms with Crippen LogP contribution in [0, 0.1) is 10.1 Å². The Morgan fingerprint density at radius 3 is 2.18 bits per heavy atom. The summed E-state index contributed by atoms with van der Waals surface area (Å²) in [5.41, 5.74) is 7.09. The third-order valence-corrected chi connectivity index (χ3v) is 3.71. The summed E-state index contributed by atoms with van der Waals surface area (Å²) in [4.78, 5) is 12.4. The van der Waals surface area contributed by atoms with Gasteiger partial charge in [-0.15, -0.1) is 0 Å². The Labute approximate surface area is 128 Å². The number of nitro benzene ring substituents is 1. The van der Waals surface area contributed by atoms with Gasteiger partial charge in [-0.3, -0.25) is 10.1 Å². The summed E-state index contributed by atoms with van der Waals surface area (Å²) >= 11 is 0. The van der Waals surface area contributed by atoms with Crippen molar-refractivity contribution in [3.8, 4) is 11.5 Å². The van der Waals surface area contributed by atoms with E-state index in [1.54, 1.807) is 12.1 Å². The van der Waals surface area contributed by atoms with Gasteiger partial charge in [-0.1, -0.05) is 0 Å². The number of nitro groups is 1. The van der Waals surface area contributed by atoms with Crippen LogP contribution in [0.2, 0.25) is 0 Å². The Morgan fingerprint density at radius 2 is 1.68 bits per heavy atom. The molecule has 1 aliphatic rings. The smallest absolute Gasteiger partial charge is 0.269 e. The zero-order valence-electron chi connectivity index (χ0n) is 12.0. The number of hydrogen-bond donors (Lipinski definition) is 1. The van der Waals surface area contributed by atoms with Crippen LogP contribution in [0.4, 0.5) is 11.4 Å². The van der Waals surface area contributed by atoms with Gasteiger partial charge < -0.3 is 15.4 Å². The maximum Gasteiger partial charge on any atom is 0.269 e. The average molecular weight is 299 g/mol. The molecule has 1 heterocycles. The van der Waals surface area contributed by atoms with Gasteiger partial charge in [0.15, 0.2) is 0 Å². The fraction of sp³-hybridized carbons (Fsp3) is 0.250. The molecule has 0 bridgehead atoms. The zero-order chi connectivity index (χ0) is 15.5. The predicted octanol–water partition coefficient (Wildman–Crippen LogP) is 2.92. The molecule has 0 unspecified atom stereocenters. The number of anilines is 1. The van der Waals surface area contributed by atoms with E-state index in [0.717, 1.165) is 25.2 Å². The van der Waals surface area contributed by atoms with E-state index in [1.807, 2.05) is 24.3 Å². The lowest BCUT2D eigenvalue weighted by Gasteiger charge is -2.18. The molecule has 0 radical (unpaired) electrons. The van der Waals surface area contributed by atoms with Gasteiger partial charge in [0.05, 0.1) is 4.92 Å². The highest BCUT2D eigenvalue weighted by Crippen LogP contribution is 2.27. The molecule has 22 heavy (non-hydrogen) atoms. The third-order valence-electron chi connectivity index (χ3n) is 3.71. The molecule has 2 aromatic carbocycles. The van der Waals surface area contributed by atoms with Gasteiger partial charge in [-0.2, -0.15) is 0 Å². The molecular formula is C16H17N3O3. The molecule has 0 aliphatic carbocycles. The van der Waals surface area contributed by atoms with E-state index in [2.05, 4.69) is 4.90 Å². The minimum atomic E-state index is -0.431. The highest BCUT2D eigenvalue weighted by Gasteiger charge is 2.19. The first-order chi connectivity index (χ1) is 10.6. The van der Waals surface area contributed by atoms with Crippen LogP contribution in [0.15, 0.2) is 48.5 Å². The van der Waals surface area contributed by atoms with E-state index >= 15 is 0 Å². The fourth-order valence-corrected chi connectivity index (χ4v) is 2.52. The molecular weight excluding hydrogens is 282 g/mol. The number of hydrogen-bond acceptors (Lipinski definition) is 5. The molecule has 2 N–H and O–H groups in total. The van der Waals surface area contributed by atoms with Crippen molar-refractivity contribution in [2.24, 2.45) is 5.73 Å². The second-order valence-corrected chi connectivity index (χ2v) is 5.34. The van der Waals surface area contributed by atoms with E-state index in [-0.39, 0.29) is 11.7 Å². The Morgan fingerprint density at radius 1 is 1.09 bits per heavy atom. The summed E-state index contributed by atoms with van der Waals surface area (Å²) in [6, 6.07) is 14.1. The molecule has 0 amide bonds. The molecule has 6 heteroatoms. The number of nitrogens with zero attached hydrogens (tertiary/aromatic N) is 2. The minimum absolute atomic E-state index is 0.0491. The van der Waals surface area contributed by atoms with Crippen molar-refractivity contribution in [1.82, 2.24) is 0 Å². The number of benzene rings is 2. The normalized spacial score (nSPS) is 17.5. The van der Waals surface area contributed by atoms with Crippen LogP contribution in [-0.4, -0.2) is 24.1 Å². The first-order valence-electron chi connectivity index (χ1n) is 7.15. The van der Waals surface area contributed by atoms with Crippen molar-refractivity contribution in [1.29, 1.82) is 0 Å². The zero-order valence-corrected chi connectivity index (χ0v) is 12.0. The lowest BCUT2D eigenvalue weighted by molar-refractivity contribution is -0.384. The van der Waals surface area contributed by atoms with Gasteiger partial charge in [0.1, 0.15) is 11.5 Å². The number of rotatable bonds is 4. The highest BCUT2D eigenvalue weighted by molar-refractivity contribution is 5.51. The lowest BCUT2D eigenvalue weighted by Crippen LogP contribution is -2.26. The summed E-state index contributed by atoms with van der Waals surface area (Å²) in [6.07, 6.45) is 1.01. The molecule has 1 aliphatic heterocycles. The monoisotopic (exact) mass is 299 g/mol. The van der Waals surface area contributed by atoms with Gasteiger partial charge in [-0.05, 0) is 42.8 Å². The van der Waals surface area contributed by atoms with Gasteiger partial charge in [-0.25, -0.2) is 0 Å². The van der Waals surface area contributed by atoms with Crippen LogP contribution in [-0.2, 0) is 0 Å². The lowest BCUT2D eigenvalue weighted by atomic mass is 10.2. The Kier molecular flexibility index (Phi) is 3.93. The van der Waals surface area contributed by atoms with Crippen molar-refractivity contribution in [3.05, 3.63) is 58.6 Å². The van der Waals surface area contributed by atoms with Crippen LogP contribution in [0.5, 0.6) is 11.5 Å². The highest BCUT2D eigenvalue weighted by atomic mass is 16.6. The predicted molar refractivity (Wildman–Crippen MR) is 84.4 cm³/mol. The molecule has 0 spiro atoms. The van der Waals surface area contributed by atoms with Crippen LogP contribution >= 0.6 is 0 Å². The van der Waals surface area contributed by atoms with Crippen molar-refractivity contribution in [3.63, 3.8) is 0 Å². The first kappa shape index (κ1) is 14.3. The van der Waals surface area contributed by atoms with Gasteiger partial charge >= 0.3 is 0 Å². The maximum atomic E-state index is 10.6. The number of nitrogens with two attached hydrogens (primary N) is 1. The summed E-state index contributed by atoms with van der Waals surface area (Å²) < 4.78 is 5.69. The second-order valence-electron chi connectivity index (χ2n) is 5.34. The number of non-ortho nitro benzene ring substituents is 1. The molecule has 6 nitrogen and oxygen atoms in total. The topological polar surface area (TPSA) is 81.6 Å². The van der Waals surface area contributed by atoms with Gasteiger partial charge in [0, 0.05) is 37.0 Å². The molecule has 114 valence electrons. The molecule has 1 atom stereocenters. The summed E-state index contributed by atoms with van der Waals surface area (Å²) in [5.74, 6) is 1.27. The standard InChI is InChI=1S/C16H17N3O3/c17-12-9-10-18(11-12)13-1-5-15(6-2-13)22-16-7-3-14(4-8-16)19(20)21/h1-8,12H,9-11,17H2/t12-/m1/s1. The van der Waals surface area contributed by atoms with Crippen molar-refractivity contribution < 1.29 is 9.66 Å². The number of ether oxygens (including phenoxy) is 1. The van der Waals surface area contributed by atoms with Crippen molar-refractivity contribution in [2.75, 3.05) is 18.0 Å². The van der Waals surface area contributed by atoms with Crippen molar-refractivity contribution in [2.45, 2.75) is 12.5 Å². The van der Waals surface area contributed by atoms with Crippen LogP contribution in [0.25, 0.3) is 0 Å². The van der Waals surface area contributed by atoms with E-state index in [1.165, 1.54) is 12.1 Å². The summed E-state index contributed by atoms with van der Waals surface area (Å²) in [7, 11) is 0. The minimum Gasteiger partial charge on any atom is -0.457 e. The molecule has 3 rings (SSSR count). The first-order valence-corrected chi connectivity index (χ1v) is 7.15. The third kappa shape index (κ3) is 3.17. The largest absolute Gasteiger partial charge is 0.457 e. The molecule has 1 saturated heterocycles. The van der Waals surface area contributed by atoms with Crippen LogP contribution < -0.4 is 15.4 Å². The fourth-order valence-electron chi connectivity index (χ4n) is 2.52. The van der Waals surface area contributed by atoms with Gasteiger partial charge in [0.25, 0.3) is 5.69 Å². The summed E-state index contributed by atoms with van der Waals surface area (Å²) in [6.45, 7) is 1.85. The molecule has 1 fully saturated rings. The van der Waals surface area contributed by atoms with E-state index in [0.29, 0.717) is 11.5 Å². The van der Waals surface area contributed by atoms with E-state index in [4.69, 9.17) is 10.5 Å². The van der Waals surface area contributed by atoms with Crippen molar-refractivity contribution >= 4 is 11.4 Å². The second kappa shape index (κ2) is 6.03. The van der Waals surface area contributed by atoms with Gasteiger partial charge in [0.2, 0.25) is 0 Å². The average Bonchev–Trinajstić information content (AvgIpc) is 2.95. The SMILES string of the molecule is N[C@@H]1CCN(c2ccc(Oc3ccc([N+](=O)[O-])cc3)cc2)C1. The molecule has 2 aromatic rings. The molecule has 0 aromatic heterocycles. The Balaban J connectivity index is 1.67. The van der Waals surface area contributed by atoms with E-state index in [9.17, 15) is 10.1 Å². The Bertz CT molecular complexity index is 655. The Hall–Kier alpha value is -2.60.